The van der Waals surface area contributed by atoms with Gasteiger partial charge in [0.05, 0.1) is 5.69 Å². The normalized spacial score (nSPS) is 16.6. The van der Waals surface area contributed by atoms with Crippen LogP contribution in [-0.4, -0.2) is 40.8 Å². The number of aromatic amines is 1. The van der Waals surface area contributed by atoms with Gasteiger partial charge in [-0.3, -0.25) is 5.10 Å². The van der Waals surface area contributed by atoms with Crippen LogP contribution in [0.1, 0.15) is 37.8 Å². The maximum Gasteiger partial charge on any atom is 0.317 e. The second-order valence-electron chi connectivity index (χ2n) is 7.96. The van der Waals surface area contributed by atoms with Crippen molar-refractivity contribution in [2.75, 3.05) is 13.6 Å². The lowest BCUT2D eigenvalue weighted by molar-refractivity contribution is 0.200. The molecule has 0 bridgehead atoms. The summed E-state index contributed by atoms with van der Waals surface area (Å²) in [6.07, 6.45) is 6.70. The van der Waals surface area contributed by atoms with E-state index in [1.165, 1.54) is 37.8 Å². The van der Waals surface area contributed by atoms with E-state index in [1.807, 2.05) is 19.2 Å². The minimum Gasteiger partial charge on any atom is -0.335 e. The van der Waals surface area contributed by atoms with Gasteiger partial charge in [-0.2, -0.15) is 5.10 Å². The molecule has 2 N–H and O–H groups in total. The molecule has 2 aliphatic carbocycles. The van der Waals surface area contributed by atoms with Crippen LogP contribution < -0.4 is 5.32 Å². The number of aromatic nitrogens is 2. The van der Waals surface area contributed by atoms with Gasteiger partial charge in [0.25, 0.3) is 0 Å². The van der Waals surface area contributed by atoms with Crippen LogP contribution in [0.25, 0.3) is 11.3 Å². The molecule has 5 nitrogen and oxygen atoms in total. The summed E-state index contributed by atoms with van der Waals surface area (Å²) < 4.78 is 13.3. The molecule has 1 heterocycles. The average molecular weight is 370 g/mol. The first-order valence-electron chi connectivity index (χ1n) is 9.92. The van der Waals surface area contributed by atoms with E-state index in [0.717, 1.165) is 29.8 Å². The Kier molecular flexibility index (Phi) is 5.14. The number of aryl methyl sites for hydroxylation is 1. The van der Waals surface area contributed by atoms with E-state index >= 15 is 0 Å². The smallest absolute Gasteiger partial charge is 0.317 e. The van der Waals surface area contributed by atoms with Crippen molar-refractivity contribution < 1.29 is 9.18 Å². The number of benzene rings is 1. The Labute approximate surface area is 159 Å². The zero-order chi connectivity index (χ0) is 18.8. The maximum absolute atomic E-state index is 13.3. The highest BCUT2D eigenvalue weighted by Crippen LogP contribution is 2.44. The summed E-state index contributed by atoms with van der Waals surface area (Å²) in [5, 5.41) is 10.5. The number of hydrogen-bond donors (Lipinski definition) is 2. The first-order valence-corrected chi connectivity index (χ1v) is 9.92. The van der Waals surface area contributed by atoms with E-state index in [-0.39, 0.29) is 11.8 Å². The predicted molar refractivity (Wildman–Crippen MR) is 103 cm³/mol. The van der Waals surface area contributed by atoms with Crippen LogP contribution in [0.15, 0.2) is 30.3 Å². The molecule has 0 radical (unpaired) electrons. The lowest BCUT2D eigenvalue weighted by Gasteiger charge is -2.23. The Bertz CT molecular complexity index is 785. The van der Waals surface area contributed by atoms with Crippen LogP contribution >= 0.6 is 0 Å². The van der Waals surface area contributed by atoms with Gasteiger partial charge in [-0.1, -0.05) is 12.1 Å². The molecule has 2 aromatic rings. The minimum absolute atomic E-state index is 0.0452. The molecule has 0 unspecified atom stereocenters. The Morgan fingerprint density at radius 3 is 2.70 bits per heavy atom. The molecular formula is C21H27FN4O. The third kappa shape index (κ3) is 4.67. The lowest BCUT2D eigenvalue weighted by Crippen LogP contribution is -2.45. The second-order valence-corrected chi connectivity index (χ2v) is 7.96. The Morgan fingerprint density at radius 1 is 1.30 bits per heavy atom. The van der Waals surface area contributed by atoms with Crippen LogP contribution in [0.2, 0.25) is 0 Å². The van der Waals surface area contributed by atoms with Gasteiger partial charge in [0, 0.05) is 30.9 Å². The Hall–Kier alpha value is -2.37. The van der Waals surface area contributed by atoms with Crippen molar-refractivity contribution >= 4 is 6.03 Å². The van der Waals surface area contributed by atoms with Gasteiger partial charge < -0.3 is 10.2 Å². The quantitative estimate of drug-likeness (QED) is 0.738. The average Bonchev–Trinajstić information content (AvgIpc) is 3.58. The van der Waals surface area contributed by atoms with Gasteiger partial charge in [0.15, 0.2) is 0 Å². The SMILES string of the molecule is CN(CCCc1cc(-c2cccc(F)c2)n[nH]1)C(=O)NC(C1CC1)C1CC1. The number of amides is 2. The van der Waals surface area contributed by atoms with Crippen LogP contribution in [0.4, 0.5) is 9.18 Å². The van der Waals surface area contributed by atoms with Crippen molar-refractivity contribution in [1.82, 2.24) is 20.4 Å². The molecule has 144 valence electrons. The second kappa shape index (κ2) is 7.71. The first kappa shape index (κ1) is 18.0. The number of halogens is 1. The molecule has 4 rings (SSSR count). The highest BCUT2D eigenvalue weighted by atomic mass is 19.1. The molecule has 0 saturated heterocycles. The minimum atomic E-state index is -0.264. The van der Waals surface area contributed by atoms with Gasteiger partial charge in [0.2, 0.25) is 0 Å². The molecular weight excluding hydrogens is 343 g/mol. The van der Waals surface area contributed by atoms with Crippen molar-refractivity contribution in [2.45, 2.75) is 44.6 Å². The van der Waals surface area contributed by atoms with Crippen LogP contribution in [0, 0.1) is 17.7 Å². The van der Waals surface area contributed by atoms with Gasteiger partial charge in [-0.05, 0) is 68.6 Å². The molecule has 2 fully saturated rings. The zero-order valence-corrected chi connectivity index (χ0v) is 15.7. The summed E-state index contributed by atoms with van der Waals surface area (Å²) in [7, 11) is 1.86. The van der Waals surface area contributed by atoms with E-state index in [1.54, 1.807) is 11.0 Å². The number of rotatable bonds is 8. The van der Waals surface area contributed by atoms with Gasteiger partial charge >= 0.3 is 6.03 Å². The zero-order valence-electron chi connectivity index (χ0n) is 15.7. The van der Waals surface area contributed by atoms with Crippen molar-refractivity contribution in [3.05, 3.63) is 41.8 Å². The number of urea groups is 1. The largest absolute Gasteiger partial charge is 0.335 e. The van der Waals surface area contributed by atoms with Crippen LogP contribution in [-0.2, 0) is 6.42 Å². The van der Waals surface area contributed by atoms with E-state index in [9.17, 15) is 9.18 Å². The van der Waals surface area contributed by atoms with Gasteiger partial charge in [0.1, 0.15) is 5.82 Å². The van der Waals surface area contributed by atoms with Gasteiger partial charge in [-0.25, -0.2) is 9.18 Å². The molecule has 6 heteroatoms. The number of H-pyrrole nitrogens is 1. The van der Waals surface area contributed by atoms with Crippen LogP contribution in [0.3, 0.4) is 0 Å². The Balaban J connectivity index is 1.24. The van der Waals surface area contributed by atoms with Crippen molar-refractivity contribution in [2.24, 2.45) is 11.8 Å². The molecule has 1 aromatic carbocycles. The van der Waals surface area contributed by atoms with E-state index in [0.29, 0.717) is 24.4 Å². The lowest BCUT2D eigenvalue weighted by atomic mass is 10.1. The fourth-order valence-electron chi connectivity index (χ4n) is 3.68. The fourth-order valence-corrected chi connectivity index (χ4v) is 3.68. The number of nitrogens with one attached hydrogen (secondary N) is 2. The molecule has 0 atom stereocenters. The standard InChI is InChI=1S/C21H27FN4O/c1-26(21(27)23-20(14-7-8-14)15-9-10-15)11-3-6-18-13-19(25-24-18)16-4-2-5-17(22)12-16/h2,4-5,12-15,20H,3,6-11H2,1H3,(H,23,27)(H,24,25). The Morgan fingerprint density at radius 2 is 2.04 bits per heavy atom. The molecule has 0 aliphatic heterocycles. The highest BCUT2D eigenvalue weighted by Gasteiger charge is 2.42. The summed E-state index contributed by atoms with van der Waals surface area (Å²) in [4.78, 5) is 14.2. The fraction of sp³-hybridized carbons (Fsp3) is 0.524. The molecule has 0 spiro atoms. The number of carbonyl (C=O) groups is 1. The predicted octanol–water partition coefficient (Wildman–Crippen LogP) is 3.98. The summed E-state index contributed by atoms with van der Waals surface area (Å²) in [6.45, 7) is 0.697. The summed E-state index contributed by atoms with van der Waals surface area (Å²) in [6, 6.07) is 8.82. The number of hydrogen-bond acceptors (Lipinski definition) is 2. The van der Waals surface area contributed by atoms with E-state index in [2.05, 4.69) is 15.5 Å². The summed E-state index contributed by atoms with van der Waals surface area (Å²) >= 11 is 0. The molecule has 27 heavy (non-hydrogen) atoms. The summed E-state index contributed by atoms with van der Waals surface area (Å²) in [5.41, 5.74) is 2.50. The van der Waals surface area contributed by atoms with E-state index in [4.69, 9.17) is 0 Å². The van der Waals surface area contributed by atoms with Gasteiger partial charge in [-0.15, -0.1) is 0 Å². The highest BCUT2D eigenvalue weighted by molar-refractivity contribution is 5.74. The number of nitrogens with zero attached hydrogens (tertiary/aromatic N) is 2. The molecule has 2 aliphatic rings. The third-order valence-electron chi connectivity index (χ3n) is 5.59. The molecule has 2 amide bonds. The molecule has 2 saturated carbocycles. The molecule has 1 aromatic heterocycles. The van der Waals surface area contributed by atoms with Crippen molar-refractivity contribution in [1.29, 1.82) is 0 Å². The van der Waals surface area contributed by atoms with Crippen molar-refractivity contribution in [3.8, 4) is 11.3 Å². The monoisotopic (exact) mass is 370 g/mol. The maximum atomic E-state index is 13.3. The number of carbonyl (C=O) groups excluding carboxylic acids is 1. The topological polar surface area (TPSA) is 61.0 Å². The van der Waals surface area contributed by atoms with Crippen molar-refractivity contribution in [3.63, 3.8) is 0 Å². The van der Waals surface area contributed by atoms with Crippen LogP contribution in [0.5, 0.6) is 0 Å². The first-order chi connectivity index (χ1) is 13.1. The summed E-state index contributed by atoms with van der Waals surface area (Å²) in [5.74, 6) is 1.16. The van der Waals surface area contributed by atoms with E-state index < -0.39 is 0 Å². The third-order valence-corrected chi connectivity index (χ3v) is 5.59.